The third-order valence-electron chi connectivity index (χ3n) is 5.58. The molecule has 0 saturated heterocycles. The Kier molecular flexibility index (Phi) is 6.43. The van der Waals surface area contributed by atoms with E-state index >= 15 is 0 Å². The lowest BCUT2D eigenvalue weighted by atomic mass is 10.3. The van der Waals surface area contributed by atoms with E-state index in [0.29, 0.717) is 15.9 Å². The molecule has 0 N–H and O–H groups in total. The van der Waals surface area contributed by atoms with Gasteiger partial charge in [-0.2, -0.15) is 4.36 Å². The standard InChI is InChI=1S/C28H28NO2PS/c1-28(2,3)33(31,25-19-11-6-12-20-25)29-26-21-13-14-22-27(26)32(30,23-15-7-4-8-16-23)24-17-9-5-10-18-24/h4-22H,1-3H3. The zero-order chi connectivity index (χ0) is 23.5. The van der Waals surface area contributed by atoms with E-state index in [1.165, 1.54) is 0 Å². The van der Waals surface area contributed by atoms with Crippen molar-refractivity contribution >= 4 is 38.5 Å². The molecule has 0 aliphatic rings. The molecule has 0 aliphatic heterocycles. The summed E-state index contributed by atoms with van der Waals surface area (Å²) >= 11 is 0. The summed E-state index contributed by atoms with van der Waals surface area (Å²) in [5, 5.41) is 2.04. The van der Waals surface area contributed by atoms with E-state index in [-0.39, 0.29) is 0 Å². The lowest BCUT2D eigenvalue weighted by Crippen LogP contribution is -2.29. The van der Waals surface area contributed by atoms with Crippen molar-refractivity contribution in [2.75, 3.05) is 0 Å². The summed E-state index contributed by atoms with van der Waals surface area (Å²) in [7, 11) is -6.14. The molecule has 0 saturated carbocycles. The van der Waals surface area contributed by atoms with E-state index in [1.807, 2.05) is 136 Å². The summed E-state index contributed by atoms with van der Waals surface area (Å²) in [5.74, 6) is 0. The van der Waals surface area contributed by atoms with Crippen LogP contribution in [0.15, 0.2) is 125 Å². The number of rotatable bonds is 5. The molecule has 4 aromatic rings. The fourth-order valence-electron chi connectivity index (χ4n) is 3.80. The summed E-state index contributed by atoms with van der Waals surface area (Å²) < 4.78 is 33.7. The van der Waals surface area contributed by atoms with Crippen LogP contribution in [0.3, 0.4) is 0 Å². The lowest BCUT2D eigenvalue weighted by molar-refractivity contribution is 0.592. The minimum atomic E-state index is -3.26. The molecule has 1 unspecified atom stereocenters. The van der Waals surface area contributed by atoms with Gasteiger partial charge >= 0.3 is 0 Å². The van der Waals surface area contributed by atoms with Gasteiger partial charge in [0.2, 0.25) is 0 Å². The second-order valence-corrected chi connectivity index (χ2v) is 14.5. The van der Waals surface area contributed by atoms with Gasteiger partial charge in [-0.05, 0) is 45.0 Å². The molecule has 0 aromatic heterocycles. The summed E-state index contributed by atoms with van der Waals surface area (Å²) in [6.45, 7) is 5.80. The van der Waals surface area contributed by atoms with Gasteiger partial charge in [0, 0.05) is 20.8 Å². The summed E-state index contributed by atoms with van der Waals surface area (Å²) in [6, 6.07) is 35.7. The fourth-order valence-corrected chi connectivity index (χ4v) is 8.70. The Balaban J connectivity index is 2.06. The minimum Gasteiger partial charge on any atom is -0.309 e. The van der Waals surface area contributed by atoms with E-state index in [9.17, 15) is 8.77 Å². The van der Waals surface area contributed by atoms with Crippen LogP contribution in [0.4, 0.5) is 5.69 Å². The zero-order valence-electron chi connectivity index (χ0n) is 19.1. The molecule has 0 heterocycles. The predicted octanol–water partition coefficient (Wildman–Crippen LogP) is 6.28. The van der Waals surface area contributed by atoms with E-state index < -0.39 is 21.6 Å². The van der Waals surface area contributed by atoms with Gasteiger partial charge in [0.1, 0.15) is 0 Å². The van der Waals surface area contributed by atoms with Gasteiger partial charge in [-0.1, -0.05) is 91.0 Å². The van der Waals surface area contributed by atoms with Crippen molar-refractivity contribution in [3.05, 3.63) is 115 Å². The summed E-state index contributed by atoms with van der Waals surface area (Å²) in [4.78, 5) is 0.668. The van der Waals surface area contributed by atoms with Crippen molar-refractivity contribution in [3.8, 4) is 0 Å². The second-order valence-electron chi connectivity index (χ2n) is 8.81. The average Bonchev–Trinajstić information content (AvgIpc) is 2.85. The van der Waals surface area contributed by atoms with Crippen molar-refractivity contribution in [2.45, 2.75) is 30.4 Å². The number of hydrogen-bond acceptors (Lipinski definition) is 3. The van der Waals surface area contributed by atoms with Crippen LogP contribution in [-0.4, -0.2) is 8.96 Å². The predicted molar refractivity (Wildman–Crippen MR) is 141 cm³/mol. The molecule has 3 nitrogen and oxygen atoms in total. The molecule has 4 aromatic carbocycles. The zero-order valence-corrected chi connectivity index (χ0v) is 20.8. The molecule has 4 rings (SSSR count). The quantitative estimate of drug-likeness (QED) is 0.320. The van der Waals surface area contributed by atoms with Crippen LogP contribution < -0.4 is 15.9 Å². The number of benzene rings is 4. The molecule has 5 heteroatoms. The third-order valence-corrected chi connectivity index (χ3v) is 11.7. The second kappa shape index (κ2) is 9.13. The first-order valence-corrected chi connectivity index (χ1v) is 14.1. The summed E-state index contributed by atoms with van der Waals surface area (Å²) in [5.41, 5.74) is 0.498. The van der Waals surface area contributed by atoms with Gasteiger partial charge in [-0.15, -0.1) is 0 Å². The molecular formula is C28H28NO2PS. The highest BCUT2D eigenvalue weighted by atomic mass is 32.2. The Hall–Kier alpha value is -2.94. The maximum absolute atomic E-state index is 15.0. The Morgan fingerprint density at radius 3 is 1.55 bits per heavy atom. The first-order valence-electron chi connectivity index (χ1n) is 10.9. The maximum Gasteiger partial charge on any atom is 0.173 e. The Morgan fingerprint density at radius 2 is 1.06 bits per heavy atom. The van der Waals surface area contributed by atoms with Gasteiger partial charge in [0.15, 0.2) is 7.14 Å². The first-order chi connectivity index (χ1) is 15.8. The van der Waals surface area contributed by atoms with Crippen LogP contribution in [0, 0.1) is 0 Å². The van der Waals surface area contributed by atoms with E-state index in [4.69, 9.17) is 4.36 Å². The average molecular weight is 474 g/mol. The SMILES string of the molecule is CC(C)(C)S(=O)(=Nc1ccccc1P(=O)(c1ccccc1)c1ccccc1)c1ccccc1. The first kappa shape index (κ1) is 23.2. The summed E-state index contributed by atoms with van der Waals surface area (Å²) in [6.07, 6.45) is 0. The van der Waals surface area contributed by atoms with Crippen molar-refractivity contribution in [3.63, 3.8) is 0 Å². The molecular weight excluding hydrogens is 445 g/mol. The van der Waals surface area contributed by atoms with E-state index in [2.05, 4.69) is 0 Å². The van der Waals surface area contributed by atoms with Crippen LogP contribution in [0.1, 0.15) is 20.8 Å². The molecule has 0 bridgehead atoms. The molecule has 1 atom stereocenters. The molecule has 0 aliphatic carbocycles. The van der Waals surface area contributed by atoms with Crippen LogP contribution in [-0.2, 0) is 14.3 Å². The molecule has 0 spiro atoms. The molecule has 0 radical (unpaired) electrons. The van der Waals surface area contributed by atoms with E-state index in [1.54, 1.807) is 0 Å². The highest BCUT2D eigenvalue weighted by Crippen LogP contribution is 2.45. The van der Waals surface area contributed by atoms with Crippen LogP contribution >= 0.6 is 7.14 Å². The van der Waals surface area contributed by atoms with E-state index in [0.717, 1.165) is 10.6 Å². The highest BCUT2D eigenvalue weighted by Gasteiger charge is 2.34. The monoisotopic (exact) mass is 473 g/mol. The highest BCUT2D eigenvalue weighted by molar-refractivity contribution is 7.95. The number of hydrogen-bond donors (Lipinski definition) is 0. The third kappa shape index (κ3) is 4.34. The van der Waals surface area contributed by atoms with Gasteiger partial charge < -0.3 is 4.57 Å². The van der Waals surface area contributed by atoms with Crippen molar-refractivity contribution < 1.29 is 8.77 Å². The van der Waals surface area contributed by atoms with Crippen molar-refractivity contribution in [1.29, 1.82) is 0 Å². The maximum atomic E-state index is 15.0. The normalized spacial score (nSPS) is 13.8. The van der Waals surface area contributed by atoms with Gasteiger partial charge in [0.25, 0.3) is 0 Å². The van der Waals surface area contributed by atoms with Crippen molar-refractivity contribution in [1.82, 2.24) is 0 Å². The van der Waals surface area contributed by atoms with Gasteiger partial charge in [-0.3, -0.25) is 0 Å². The van der Waals surface area contributed by atoms with Crippen molar-refractivity contribution in [2.24, 2.45) is 4.36 Å². The fraction of sp³-hybridized carbons (Fsp3) is 0.143. The van der Waals surface area contributed by atoms with Gasteiger partial charge in [0.05, 0.1) is 20.2 Å². The lowest BCUT2D eigenvalue weighted by Gasteiger charge is -2.26. The van der Waals surface area contributed by atoms with Crippen LogP contribution in [0.5, 0.6) is 0 Å². The Labute approximate surface area is 197 Å². The molecule has 0 fully saturated rings. The Bertz CT molecular complexity index is 1360. The topological polar surface area (TPSA) is 46.5 Å². The smallest absolute Gasteiger partial charge is 0.173 e. The Morgan fingerprint density at radius 1 is 0.636 bits per heavy atom. The minimum absolute atomic E-state index is 0.498. The van der Waals surface area contributed by atoms with Crippen LogP contribution in [0.25, 0.3) is 0 Å². The number of nitrogens with zero attached hydrogens (tertiary/aromatic N) is 1. The van der Waals surface area contributed by atoms with Gasteiger partial charge in [-0.25, -0.2) is 4.21 Å². The molecule has 0 amide bonds. The molecule has 33 heavy (non-hydrogen) atoms. The largest absolute Gasteiger partial charge is 0.309 e. The molecule has 168 valence electrons. The van der Waals surface area contributed by atoms with Crippen LogP contribution in [0.2, 0.25) is 0 Å².